The van der Waals surface area contributed by atoms with Gasteiger partial charge in [-0.1, -0.05) is 34.6 Å². The zero-order chi connectivity index (χ0) is 32.5. The number of carboxylic acids is 1. The Labute approximate surface area is 263 Å². The Morgan fingerprint density at radius 3 is 2.25 bits per heavy atom. The van der Waals surface area contributed by atoms with Crippen molar-refractivity contribution < 1.29 is 39.5 Å². The molecule has 6 rings (SSSR count). The van der Waals surface area contributed by atoms with Gasteiger partial charge < -0.3 is 29.9 Å². The molecule has 0 radical (unpaired) electrons. The van der Waals surface area contributed by atoms with Gasteiger partial charge in [-0.15, -0.1) is 0 Å². The highest BCUT2D eigenvalue weighted by molar-refractivity contribution is 5.74. The van der Waals surface area contributed by atoms with E-state index >= 15 is 0 Å². The molecule has 8 heteroatoms. The minimum atomic E-state index is -0.990. The molecule has 0 aromatic heterocycles. The summed E-state index contributed by atoms with van der Waals surface area (Å²) in [6.07, 6.45) is 6.29. The molecule has 8 nitrogen and oxygen atoms in total. The topological polar surface area (TPSA) is 134 Å². The van der Waals surface area contributed by atoms with E-state index in [1.54, 1.807) is 20.8 Å². The largest absolute Gasteiger partial charge is 0.481 e. The molecular formula is C36H58O8. The fourth-order valence-corrected chi connectivity index (χ4v) is 12.9. The molecule has 1 aliphatic heterocycles. The predicted molar refractivity (Wildman–Crippen MR) is 164 cm³/mol. The highest BCUT2D eigenvalue weighted by Gasteiger charge is 2.85. The second-order valence-corrected chi connectivity index (χ2v) is 18.1. The van der Waals surface area contributed by atoms with Gasteiger partial charge in [-0.25, -0.2) is 0 Å². The van der Waals surface area contributed by atoms with Gasteiger partial charge in [0, 0.05) is 12.3 Å². The van der Waals surface area contributed by atoms with Crippen LogP contribution in [0.2, 0.25) is 0 Å². The summed E-state index contributed by atoms with van der Waals surface area (Å²) in [7, 11) is 0. The molecule has 13 atom stereocenters. The predicted octanol–water partition coefficient (Wildman–Crippen LogP) is 5.49. The lowest BCUT2D eigenvalue weighted by atomic mass is 9.41. The fraction of sp³-hybridized carbons (Fsp3) is 0.944. The van der Waals surface area contributed by atoms with Crippen LogP contribution in [0.25, 0.3) is 0 Å². The molecule has 0 amide bonds. The van der Waals surface area contributed by atoms with Gasteiger partial charge in [-0.05, 0) is 124 Å². The van der Waals surface area contributed by atoms with E-state index in [4.69, 9.17) is 9.47 Å². The zero-order valence-electron chi connectivity index (χ0n) is 28.3. The molecule has 6 aliphatic rings. The van der Waals surface area contributed by atoms with Crippen molar-refractivity contribution >= 4 is 11.9 Å². The summed E-state index contributed by atoms with van der Waals surface area (Å²) in [5.41, 5.74) is -2.23. The van der Waals surface area contributed by atoms with Crippen LogP contribution in [-0.2, 0) is 19.1 Å². The highest BCUT2D eigenvalue weighted by Crippen LogP contribution is 2.89. The molecule has 5 aliphatic carbocycles. The minimum Gasteiger partial charge on any atom is -0.481 e. The Bertz CT molecular complexity index is 1190. The van der Waals surface area contributed by atoms with E-state index in [1.165, 1.54) is 0 Å². The second-order valence-electron chi connectivity index (χ2n) is 18.1. The monoisotopic (exact) mass is 618 g/mol. The number of esters is 1. The van der Waals surface area contributed by atoms with Crippen molar-refractivity contribution in [3.63, 3.8) is 0 Å². The summed E-state index contributed by atoms with van der Waals surface area (Å²) in [5, 5.41) is 43.1. The number of carbonyl (C=O) groups is 2. The normalized spacial score (nSPS) is 51.4. The average molecular weight is 619 g/mol. The van der Waals surface area contributed by atoms with Crippen molar-refractivity contribution in [2.75, 3.05) is 0 Å². The first-order chi connectivity index (χ1) is 20.2. The number of aliphatic carboxylic acids is 1. The third kappa shape index (κ3) is 4.28. The van der Waals surface area contributed by atoms with Crippen LogP contribution in [0, 0.1) is 50.7 Å². The van der Waals surface area contributed by atoms with Crippen LogP contribution in [-0.4, -0.2) is 68.0 Å². The summed E-state index contributed by atoms with van der Waals surface area (Å²) in [6.45, 7) is 16.6. The summed E-state index contributed by atoms with van der Waals surface area (Å²) in [5.74, 6) is -1.56. The van der Waals surface area contributed by atoms with Gasteiger partial charge >= 0.3 is 11.9 Å². The Morgan fingerprint density at radius 2 is 1.64 bits per heavy atom. The number of rotatable bonds is 7. The van der Waals surface area contributed by atoms with Crippen LogP contribution < -0.4 is 0 Å². The first-order valence-electron chi connectivity index (χ1n) is 17.4. The summed E-state index contributed by atoms with van der Waals surface area (Å²) in [4.78, 5) is 24.8. The number of fused-ring (bicyclic) bond motifs is 2. The Hall–Kier alpha value is -1.22. The Balaban J connectivity index is 1.37. The van der Waals surface area contributed by atoms with E-state index in [2.05, 4.69) is 34.6 Å². The van der Waals surface area contributed by atoms with Crippen LogP contribution >= 0.6 is 0 Å². The van der Waals surface area contributed by atoms with E-state index < -0.39 is 41.4 Å². The Kier molecular flexibility index (Phi) is 7.36. The Morgan fingerprint density at radius 1 is 0.955 bits per heavy atom. The zero-order valence-corrected chi connectivity index (χ0v) is 28.3. The van der Waals surface area contributed by atoms with Gasteiger partial charge in [-0.2, -0.15) is 0 Å². The number of hydrogen-bond donors (Lipinski definition) is 4. The minimum absolute atomic E-state index is 0.0395. The molecule has 1 saturated heterocycles. The maximum Gasteiger partial charge on any atom is 0.308 e. The molecule has 0 aromatic rings. The fourth-order valence-electron chi connectivity index (χ4n) is 12.9. The number of carboxylic acid groups (broad SMARTS) is 1. The van der Waals surface area contributed by atoms with E-state index in [1.807, 2.05) is 0 Å². The standard InChI is InChI=1S/C36H58O8/c1-20(9-10-26(39)40)29(41)43-22-18-33(7)23-17-21(37)27-30(2,3)24(38)11-14-36(27)19-35(23,36)16-15-32(33,6)28(22)34(8)13-12-25(44-34)31(4,5)42/h20-25,27-28,37-38,42H,9-19H2,1-8H3,(H,39,40). The SMILES string of the molecule is CC(CCC(=O)O)C(=O)OC1CC2(C)C3CC(O)C4C(C)(C)C(O)CCC45CC35CCC2(C)C1C1(C)CCC(C(C)(C)O)O1. The van der Waals surface area contributed by atoms with Gasteiger partial charge in [0.25, 0.3) is 0 Å². The molecule has 4 N–H and O–H groups in total. The molecule has 1 heterocycles. The molecule has 13 unspecified atom stereocenters. The third-order valence-corrected chi connectivity index (χ3v) is 15.2. The van der Waals surface area contributed by atoms with Crippen molar-refractivity contribution in [2.45, 2.75) is 162 Å². The number of aliphatic hydroxyl groups is 3. The lowest BCUT2D eigenvalue weighted by Gasteiger charge is -2.64. The van der Waals surface area contributed by atoms with Crippen LogP contribution in [0.15, 0.2) is 0 Å². The van der Waals surface area contributed by atoms with E-state index in [0.717, 1.165) is 44.9 Å². The lowest BCUT2D eigenvalue weighted by molar-refractivity contribution is -0.214. The van der Waals surface area contributed by atoms with Crippen molar-refractivity contribution in [3.8, 4) is 0 Å². The van der Waals surface area contributed by atoms with E-state index in [0.29, 0.717) is 12.8 Å². The van der Waals surface area contributed by atoms with Crippen molar-refractivity contribution in [3.05, 3.63) is 0 Å². The van der Waals surface area contributed by atoms with E-state index in [9.17, 15) is 30.0 Å². The molecule has 44 heavy (non-hydrogen) atoms. The molecule has 250 valence electrons. The molecule has 0 bridgehead atoms. The molecule has 2 spiro atoms. The molecule has 5 saturated carbocycles. The van der Waals surface area contributed by atoms with Crippen molar-refractivity contribution in [1.29, 1.82) is 0 Å². The number of hydrogen-bond acceptors (Lipinski definition) is 7. The number of aliphatic hydroxyl groups excluding tert-OH is 2. The van der Waals surface area contributed by atoms with Crippen molar-refractivity contribution in [2.24, 2.45) is 50.7 Å². The highest BCUT2D eigenvalue weighted by atomic mass is 16.6. The summed E-state index contributed by atoms with van der Waals surface area (Å²) in [6, 6.07) is 0. The first kappa shape index (κ1) is 32.7. The van der Waals surface area contributed by atoms with Crippen LogP contribution in [0.5, 0.6) is 0 Å². The maximum atomic E-state index is 13.5. The lowest BCUT2D eigenvalue weighted by Crippen LogP contribution is -2.62. The molecular weight excluding hydrogens is 560 g/mol. The van der Waals surface area contributed by atoms with Crippen LogP contribution in [0.4, 0.5) is 0 Å². The van der Waals surface area contributed by atoms with Crippen molar-refractivity contribution in [1.82, 2.24) is 0 Å². The summed E-state index contributed by atoms with van der Waals surface area (Å²) < 4.78 is 13.3. The van der Waals surface area contributed by atoms with Gasteiger partial charge in [0.15, 0.2) is 0 Å². The quantitative estimate of drug-likeness (QED) is 0.276. The second kappa shape index (κ2) is 9.90. The summed E-state index contributed by atoms with van der Waals surface area (Å²) >= 11 is 0. The third-order valence-electron chi connectivity index (χ3n) is 15.2. The average Bonchev–Trinajstić information content (AvgIpc) is 3.25. The molecule has 6 fully saturated rings. The van der Waals surface area contributed by atoms with Gasteiger partial charge in [0.2, 0.25) is 0 Å². The van der Waals surface area contributed by atoms with Gasteiger partial charge in [0.05, 0.1) is 35.4 Å². The van der Waals surface area contributed by atoms with Gasteiger partial charge in [-0.3, -0.25) is 9.59 Å². The van der Waals surface area contributed by atoms with Gasteiger partial charge in [0.1, 0.15) is 6.10 Å². The van der Waals surface area contributed by atoms with Crippen LogP contribution in [0.1, 0.15) is 126 Å². The van der Waals surface area contributed by atoms with Crippen LogP contribution in [0.3, 0.4) is 0 Å². The number of ether oxygens (including phenoxy) is 2. The maximum absolute atomic E-state index is 13.5. The van der Waals surface area contributed by atoms with E-state index in [-0.39, 0.29) is 69.7 Å². The smallest absolute Gasteiger partial charge is 0.308 e. The molecule has 0 aromatic carbocycles. The first-order valence-corrected chi connectivity index (χ1v) is 17.4. The number of carbonyl (C=O) groups excluding carboxylic acids is 1.